The number of rotatable bonds is 19. The van der Waals surface area contributed by atoms with Crippen molar-refractivity contribution >= 4 is 56.4 Å². The molecule has 14 heteroatoms. The second kappa shape index (κ2) is 20.9. The highest BCUT2D eigenvalue weighted by Crippen LogP contribution is 2.21. The molecule has 298 valence electrons. The average Bonchev–Trinajstić information content (AvgIpc) is 3.74. The van der Waals surface area contributed by atoms with Gasteiger partial charge in [0.05, 0.1) is 24.9 Å². The van der Waals surface area contributed by atoms with Crippen LogP contribution < -0.4 is 15.9 Å². The fourth-order valence-electron chi connectivity index (χ4n) is 6.19. The maximum atomic E-state index is 14.3. The summed E-state index contributed by atoms with van der Waals surface area (Å²) in [6.07, 6.45) is 0.00820. The number of carbonyl (C=O) groups excluding carboxylic acids is 5. The van der Waals surface area contributed by atoms with Gasteiger partial charge < -0.3 is 35.5 Å². The molecule has 4 atom stereocenters. The quantitative estimate of drug-likeness (QED) is 0.0521. The largest absolute Gasteiger partial charge is 0.457 e. The number of amides is 3. The van der Waals surface area contributed by atoms with Crippen molar-refractivity contribution in [2.24, 2.45) is 5.92 Å². The maximum Gasteiger partial charge on any atom is 0.408 e. The third-order valence-corrected chi connectivity index (χ3v) is 9.63. The predicted molar refractivity (Wildman–Crippen MR) is 217 cm³/mol. The number of hydrogen-bond acceptors (Lipinski definition) is 9. The van der Waals surface area contributed by atoms with Crippen LogP contribution in [0, 0.1) is 5.92 Å². The van der Waals surface area contributed by atoms with Crippen molar-refractivity contribution in [3.05, 3.63) is 136 Å². The Kier molecular flexibility index (Phi) is 14.9. The van der Waals surface area contributed by atoms with Gasteiger partial charge in [-0.15, -0.1) is 0 Å². The summed E-state index contributed by atoms with van der Waals surface area (Å²) in [6.45, 7) is 3.10. The standard InChI is InChI=1S/C43H46BrN5O8/c1-27(2)19-35(38(50)22-40(52)56-25-39(51)30-15-17-32(44)18-16-30)47-42(54)37(21-33-23-45-26-46-33)48-41(53)36(49-43(55)57-24-28-9-4-3-5-10-28)20-31-13-8-12-29-11-6-7-14-34(29)31/h3-18,23,26-27,35-38,50H,19-22,24-25H2,1-2H3,(H,45,46)(H,47,54)(H,48,53)(H,49,55)/t35-,36+,37-,38-/m0/s1/i/hD. The van der Waals surface area contributed by atoms with E-state index < -0.39 is 66.9 Å². The van der Waals surface area contributed by atoms with Crippen molar-refractivity contribution in [2.45, 2.75) is 70.4 Å². The third kappa shape index (κ3) is 13.1. The number of esters is 1. The Morgan fingerprint density at radius 1 is 0.842 bits per heavy atom. The fourth-order valence-corrected chi connectivity index (χ4v) is 6.46. The van der Waals surface area contributed by atoms with E-state index in [2.05, 4.69) is 36.5 Å². The lowest BCUT2D eigenvalue weighted by atomic mass is 9.96. The minimum Gasteiger partial charge on any atom is -0.457 e. The van der Waals surface area contributed by atoms with Crippen molar-refractivity contribution in [2.75, 3.05) is 6.61 Å². The molecule has 3 amide bonds. The minimum absolute atomic E-state index is 0.0422. The summed E-state index contributed by atoms with van der Waals surface area (Å²) < 4.78 is 20.2. The summed E-state index contributed by atoms with van der Waals surface area (Å²) >= 11 is 3.31. The molecule has 5 N–H and O–H groups in total. The molecule has 5 aromatic rings. The molecule has 5 rings (SSSR count). The maximum absolute atomic E-state index is 14.3. The number of aliphatic hydroxyl groups is 1. The molecule has 13 nitrogen and oxygen atoms in total. The van der Waals surface area contributed by atoms with E-state index in [0.717, 1.165) is 15.2 Å². The first kappa shape index (κ1) is 40.8. The Bertz CT molecular complexity index is 2150. The molecular weight excluding hydrogens is 794 g/mol. The highest BCUT2D eigenvalue weighted by Gasteiger charge is 2.32. The van der Waals surface area contributed by atoms with Gasteiger partial charge in [-0.25, -0.2) is 9.78 Å². The van der Waals surface area contributed by atoms with Crippen LogP contribution in [-0.4, -0.2) is 75.6 Å². The number of aromatic amines is 1. The number of ether oxygens (including phenoxy) is 2. The number of carbonyl (C=O) groups is 5. The summed E-state index contributed by atoms with van der Waals surface area (Å²) in [5, 5.41) is 19.0. The Labute approximate surface area is 340 Å². The number of nitrogens with one attached hydrogen (secondary N) is 4. The molecule has 0 saturated heterocycles. The first-order valence-electron chi connectivity index (χ1n) is 19.0. The van der Waals surface area contributed by atoms with Crippen LogP contribution in [0.3, 0.4) is 0 Å². The van der Waals surface area contributed by atoms with Gasteiger partial charge in [-0.05, 0) is 46.4 Å². The van der Waals surface area contributed by atoms with Crippen molar-refractivity contribution < 1.29 is 40.0 Å². The highest BCUT2D eigenvalue weighted by molar-refractivity contribution is 9.10. The zero-order valence-electron chi connectivity index (χ0n) is 32.6. The second-order valence-corrected chi connectivity index (χ2v) is 14.9. The molecule has 0 fully saturated rings. The Balaban J connectivity index is 1.33. The Hall–Kier alpha value is -5.86. The molecule has 0 aliphatic rings. The molecule has 0 radical (unpaired) electrons. The zero-order chi connectivity index (χ0) is 41.6. The number of benzene rings is 4. The lowest BCUT2D eigenvalue weighted by molar-refractivity contribution is -0.145. The van der Waals surface area contributed by atoms with Crippen LogP contribution in [-0.2, 0) is 43.3 Å². The molecule has 0 aliphatic heterocycles. The summed E-state index contributed by atoms with van der Waals surface area (Å²) in [7, 11) is 0. The molecule has 4 aromatic carbocycles. The number of nitrogens with zero attached hydrogens (tertiary/aromatic N) is 1. The number of fused-ring (bicyclic) bond motifs is 1. The Morgan fingerprint density at radius 2 is 1.54 bits per heavy atom. The monoisotopic (exact) mass is 840 g/mol. The van der Waals surface area contributed by atoms with Crippen LogP contribution in [0.4, 0.5) is 4.79 Å². The lowest BCUT2D eigenvalue weighted by Crippen LogP contribution is -2.57. The number of alkyl carbamates (subject to hydrolysis) is 1. The number of aliphatic hydroxyl groups excluding tert-OH is 1. The number of halogens is 1. The lowest BCUT2D eigenvalue weighted by Gasteiger charge is -2.28. The van der Waals surface area contributed by atoms with Crippen LogP contribution >= 0.6 is 15.9 Å². The van der Waals surface area contributed by atoms with Gasteiger partial charge >= 0.3 is 12.1 Å². The van der Waals surface area contributed by atoms with E-state index in [0.29, 0.717) is 27.7 Å². The molecule has 0 spiro atoms. The summed E-state index contributed by atoms with van der Waals surface area (Å²) in [4.78, 5) is 74.0. The van der Waals surface area contributed by atoms with Gasteiger partial charge in [0.2, 0.25) is 11.8 Å². The fraction of sp³-hybridized carbons (Fsp3) is 0.302. The van der Waals surface area contributed by atoms with Crippen molar-refractivity contribution in [3.8, 4) is 0 Å². The normalized spacial score (nSPS) is 13.5. The molecule has 0 saturated carbocycles. The van der Waals surface area contributed by atoms with E-state index >= 15 is 0 Å². The van der Waals surface area contributed by atoms with Crippen LogP contribution in [0.15, 0.2) is 114 Å². The summed E-state index contributed by atoms with van der Waals surface area (Å²) in [6, 6.07) is 24.8. The number of imidazole rings is 1. The second-order valence-electron chi connectivity index (χ2n) is 14.0. The number of H-pyrrole nitrogens is 1. The molecule has 0 aliphatic carbocycles. The molecule has 1 heterocycles. The first-order valence-corrected chi connectivity index (χ1v) is 19.3. The van der Waals surface area contributed by atoms with Crippen molar-refractivity contribution in [1.29, 1.82) is 0 Å². The van der Waals surface area contributed by atoms with Crippen LogP contribution in [0.25, 0.3) is 10.8 Å². The summed E-state index contributed by atoms with van der Waals surface area (Å²) in [5.74, 6) is -2.80. The van der Waals surface area contributed by atoms with Crippen molar-refractivity contribution in [1.82, 2.24) is 25.9 Å². The number of hydrogen-bond donors (Lipinski definition) is 5. The van der Waals surface area contributed by atoms with E-state index in [9.17, 15) is 29.1 Å². The van der Waals surface area contributed by atoms with E-state index in [1.807, 2.05) is 56.3 Å². The highest BCUT2D eigenvalue weighted by atomic mass is 79.9. The van der Waals surface area contributed by atoms with Crippen molar-refractivity contribution in [3.63, 3.8) is 0 Å². The van der Waals surface area contributed by atoms with Gasteiger partial charge in [-0.3, -0.25) is 19.2 Å². The van der Waals surface area contributed by atoms with E-state index in [-0.39, 0.29) is 31.8 Å². The number of Topliss-reactive ketones (excluding diaryl/α,β-unsaturated/α-hetero) is 1. The SMILES string of the molecule is [2H]N(C(=O)OCc1ccccc1)[C@H](Cc1cccc2ccccc12)C(=O)N[C@@H](Cc1cnc[nH]1)C(=O)N[C@@H](CC(C)C)[C@@H](O)CC(=O)OCC(=O)c1ccc(Br)cc1. The van der Waals surface area contributed by atoms with Gasteiger partial charge in [-0.1, -0.05) is 115 Å². The topological polar surface area (TPSA) is 189 Å². The Morgan fingerprint density at radius 3 is 2.26 bits per heavy atom. The van der Waals surface area contributed by atoms with Crippen LogP contribution in [0.5, 0.6) is 0 Å². The first-order chi connectivity index (χ1) is 27.9. The van der Waals surface area contributed by atoms with E-state index in [4.69, 9.17) is 10.9 Å². The number of aromatic nitrogens is 2. The van der Waals surface area contributed by atoms with E-state index in [1.54, 1.807) is 54.6 Å². The van der Waals surface area contributed by atoms with E-state index in [1.165, 1.54) is 12.5 Å². The molecule has 0 bridgehead atoms. The molecule has 57 heavy (non-hydrogen) atoms. The predicted octanol–water partition coefficient (Wildman–Crippen LogP) is 5.60. The molecular formula is C43H46BrN5O8. The van der Waals surface area contributed by atoms with Gasteiger partial charge in [0.1, 0.15) is 18.7 Å². The van der Waals surface area contributed by atoms with Gasteiger partial charge in [0.15, 0.2) is 13.8 Å². The number of ketones is 1. The average molecular weight is 842 g/mol. The van der Waals surface area contributed by atoms with Gasteiger partial charge in [-0.2, -0.15) is 0 Å². The third-order valence-electron chi connectivity index (χ3n) is 9.10. The van der Waals surface area contributed by atoms with Gasteiger partial charge in [0.25, 0.3) is 0 Å². The minimum atomic E-state index is -1.45. The van der Waals surface area contributed by atoms with Crippen LogP contribution in [0.2, 0.25) is 1.41 Å². The summed E-state index contributed by atoms with van der Waals surface area (Å²) in [5.41, 5.74) is 2.22. The zero-order valence-corrected chi connectivity index (χ0v) is 33.2. The molecule has 0 unspecified atom stereocenters. The van der Waals surface area contributed by atoms with Gasteiger partial charge in [0, 0.05) is 34.8 Å². The van der Waals surface area contributed by atoms with Crippen LogP contribution in [0.1, 0.15) is 53.9 Å². The smallest absolute Gasteiger partial charge is 0.408 e. The molecule has 1 aromatic heterocycles.